The smallest absolute Gasteiger partial charge is 0.225 e. The number of nitrogens with zero attached hydrogens (tertiary/aromatic N) is 4. The number of fused-ring (bicyclic) bond motifs is 1. The van der Waals surface area contributed by atoms with Crippen molar-refractivity contribution in [2.45, 2.75) is 19.4 Å². The van der Waals surface area contributed by atoms with Crippen molar-refractivity contribution in [1.29, 1.82) is 0 Å². The molecule has 1 fully saturated rings. The summed E-state index contributed by atoms with van der Waals surface area (Å²) in [5.41, 5.74) is 3.23. The van der Waals surface area contributed by atoms with E-state index in [1.54, 1.807) is 32.8 Å². The van der Waals surface area contributed by atoms with Crippen LogP contribution < -0.4 is 19.7 Å². The van der Waals surface area contributed by atoms with E-state index in [0.29, 0.717) is 30.2 Å². The van der Waals surface area contributed by atoms with Crippen molar-refractivity contribution >= 4 is 22.8 Å². The van der Waals surface area contributed by atoms with Crippen LogP contribution in [0.25, 0.3) is 11.2 Å². The van der Waals surface area contributed by atoms with Crippen LogP contribution in [-0.4, -0.2) is 48.2 Å². The summed E-state index contributed by atoms with van der Waals surface area (Å²) in [5, 5.41) is 3.06. The van der Waals surface area contributed by atoms with E-state index in [4.69, 9.17) is 9.47 Å². The summed E-state index contributed by atoms with van der Waals surface area (Å²) in [7, 11) is 3.20. The highest BCUT2D eigenvalue weighted by Crippen LogP contribution is 2.31. The SMILES string of the molecule is COc1cccc(CNC(=O)[C@H]2CCCN(c3cnc4nccnc4c3)C2)c1OC. The van der Waals surface area contributed by atoms with Gasteiger partial charge in [-0.3, -0.25) is 9.78 Å². The molecule has 1 N–H and O–H groups in total. The Morgan fingerprint density at radius 3 is 2.90 bits per heavy atom. The van der Waals surface area contributed by atoms with Gasteiger partial charge in [-0.15, -0.1) is 0 Å². The summed E-state index contributed by atoms with van der Waals surface area (Å²) in [4.78, 5) is 28.0. The number of aromatic nitrogens is 3. The third-order valence-electron chi connectivity index (χ3n) is 5.40. The zero-order chi connectivity index (χ0) is 20.9. The number of piperidine rings is 1. The zero-order valence-corrected chi connectivity index (χ0v) is 17.2. The minimum atomic E-state index is -0.0899. The van der Waals surface area contributed by atoms with E-state index in [0.717, 1.165) is 36.2 Å². The summed E-state index contributed by atoms with van der Waals surface area (Å²) < 4.78 is 10.8. The number of benzene rings is 1. The lowest BCUT2D eigenvalue weighted by molar-refractivity contribution is -0.125. The molecule has 1 atom stereocenters. The van der Waals surface area contributed by atoms with Gasteiger partial charge in [0.25, 0.3) is 0 Å². The van der Waals surface area contributed by atoms with Crippen LogP contribution in [0, 0.1) is 5.92 Å². The maximum atomic E-state index is 12.9. The standard InChI is InChI=1S/C22H25N5O3/c1-29-19-7-3-5-15(20(19)30-2)12-26-22(28)16-6-4-10-27(14-16)17-11-18-21(25-13-17)24-9-8-23-18/h3,5,7-9,11,13,16H,4,6,10,12,14H2,1-2H3,(H,26,28)/t16-/m0/s1. The third kappa shape index (κ3) is 4.12. The van der Waals surface area contributed by atoms with Gasteiger partial charge in [-0.1, -0.05) is 12.1 Å². The average molecular weight is 407 g/mol. The zero-order valence-electron chi connectivity index (χ0n) is 17.2. The number of nitrogens with one attached hydrogen (secondary N) is 1. The van der Waals surface area contributed by atoms with Gasteiger partial charge in [-0.2, -0.15) is 0 Å². The number of para-hydroxylation sites is 1. The summed E-state index contributed by atoms with van der Waals surface area (Å²) >= 11 is 0. The van der Waals surface area contributed by atoms with Gasteiger partial charge in [0.15, 0.2) is 17.1 Å². The molecular weight excluding hydrogens is 382 g/mol. The van der Waals surface area contributed by atoms with Crippen LogP contribution in [0.1, 0.15) is 18.4 Å². The number of amides is 1. The highest BCUT2D eigenvalue weighted by Gasteiger charge is 2.26. The number of methoxy groups -OCH3 is 2. The third-order valence-corrected chi connectivity index (χ3v) is 5.40. The van der Waals surface area contributed by atoms with Crippen LogP contribution in [0.15, 0.2) is 42.9 Å². The van der Waals surface area contributed by atoms with Crippen molar-refractivity contribution in [2.24, 2.45) is 5.92 Å². The first kappa shape index (κ1) is 19.9. The van der Waals surface area contributed by atoms with Crippen LogP contribution in [0.3, 0.4) is 0 Å². The van der Waals surface area contributed by atoms with E-state index >= 15 is 0 Å². The van der Waals surface area contributed by atoms with Crippen LogP contribution in [0.2, 0.25) is 0 Å². The molecule has 0 aliphatic carbocycles. The van der Waals surface area contributed by atoms with Crippen LogP contribution in [-0.2, 0) is 11.3 Å². The Bertz CT molecular complexity index is 1040. The maximum Gasteiger partial charge on any atom is 0.225 e. The first-order valence-electron chi connectivity index (χ1n) is 9.99. The minimum absolute atomic E-state index is 0.0399. The van der Waals surface area contributed by atoms with Crippen LogP contribution in [0.4, 0.5) is 5.69 Å². The Labute approximate surface area is 175 Å². The topological polar surface area (TPSA) is 89.5 Å². The van der Waals surface area contributed by atoms with E-state index in [9.17, 15) is 4.79 Å². The maximum absolute atomic E-state index is 12.9. The Kier molecular flexibility index (Phi) is 5.92. The lowest BCUT2D eigenvalue weighted by atomic mass is 9.96. The van der Waals surface area contributed by atoms with Crippen molar-refractivity contribution in [3.63, 3.8) is 0 Å². The van der Waals surface area contributed by atoms with E-state index in [1.165, 1.54) is 0 Å². The molecule has 4 rings (SSSR count). The second-order valence-electron chi connectivity index (χ2n) is 7.25. The Balaban J connectivity index is 1.42. The second kappa shape index (κ2) is 8.94. The predicted octanol–water partition coefficient (Wildman–Crippen LogP) is 2.57. The lowest BCUT2D eigenvalue weighted by Gasteiger charge is -2.33. The largest absolute Gasteiger partial charge is 0.493 e. The molecule has 2 aromatic heterocycles. The number of rotatable bonds is 6. The van der Waals surface area contributed by atoms with Gasteiger partial charge in [0.1, 0.15) is 5.52 Å². The van der Waals surface area contributed by atoms with Crippen LogP contribution in [0.5, 0.6) is 11.5 Å². The summed E-state index contributed by atoms with van der Waals surface area (Å²) in [6.45, 7) is 1.93. The number of pyridine rings is 1. The number of hydrogen-bond donors (Lipinski definition) is 1. The molecule has 1 aliphatic rings. The molecule has 1 amide bonds. The molecule has 156 valence electrons. The number of anilines is 1. The summed E-state index contributed by atoms with van der Waals surface area (Å²) in [5.74, 6) is 1.25. The fourth-order valence-electron chi connectivity index (χ4n) is 3.87. The van der Waals surface area contributed by atoms with E-state index in [-0.39, 0.29) is 11.8 Å². The van der Waals surface area contributed by atoms with Gasteiger partial charge >= 0.3 is 0 Å². The monoisotopic (exact) mass is 407 g/mol. The fraction of sp³-hybridized carbons (Fsp3) is 0.364. The molecule has 1 aromatic carbocycles. The molecule has 3 heterocycles. The van der Waals surface area contributed by atoms with E-state index < -0.39 is 0 Å². The van der Waals surface area contributed by atoms with Gasteiger partial charge in [0.05, 0.1) is 32.0 Å². The van der Waals surface area contributed by atoms with Crippen LogP contribution >= 0.6 is 0 Å². The quantitative estimate of drug-likeness (QED) is 0.672. The normalized spacial score (nSPS) is 16.3. The molecule has 0 spiro atoms. The molecule has 0 unspecified atom stereocenters. The van der Waals surface area contributed by atoms with Gasteiger partial charge in [0.2, 0.25) is 5.91 Å². The molecule has 8 heteroatoms. The molecule has 3 aromatic rings. The Morgan fingerprint density at radius 1 is 1.20 bits per heavy atom. The summed E-state index contributed by atoms with van der Waals surface area (Å²) in [6.07, 6.45) is 6.90. The van der Waals surface area contributed by atoms with Crippen molar-refractivity contribution < 1.29 is 14.3 Å². The van der Waals surface area contributed by atoms with E-state index in [1.807, 2.05) is 24.3 Å². The highest BCUT2D eigenvalue weighted by molar-refractivity contribution is 5.80. The van der Waals surface area contributed by atoms with Crippen molar-refractivity contribution in [2.75, 3.05) is 32.2 Å². The fourth-order valence-corrected chi connectivity index (χ4v) is 3.87. The first-order chi connectivity index (χ1) is 14.7. The minimum Gasteiger partial charge on any atom is -0.493 e. The molecule has 30 heavy (non-hydrogen) atoms. The van der Waals surface area contributed by atoms with E-state index in [2.05, 4.69) is 25.2 Å². The molecule has 1 aliphatic heterocycles. The Hall–Kier alpha value is -3.42. The van der Waals surface area contributed by atoms with Crippen molar-refractivity contribution in [3.8, 4) is 11.5 Å². The summed E-state index contributed by atoms with van der Waals surface area (Å²) in [6, 6.07) is 7.64. The number of carbonyl (C=O) groups excluding carboxylic acids is 1. The molecule has 8 nitrogen and oxygen atoms in total. The highest BCUT2D eigenvalue weighted by atomic mass is 16.5. The first-order valence-corrected chi connectivity index (χ1v) is 9.99. The average Bonchev–Trinajstić information content (AvgIpc) is 2.81. The number of hydrogen-bond acceptors (Lipinski definition) is 7. The van der Waals surface area contributed by atoms with Gasteiger partial charge in [0, 0.05) is 37.6 Å². The molecule has 0 radical (unpaired) electrons. The molecule has 1 saturated heterocycles. The molecule has 0 saturated carbocycles. The number of carbonyl (C=O) groups is 1. The lowest BCUT2D eigenvalue weighted by Crippen LogP contribution is -2.43. The van der Waals surface area contributed by atoms with Gasteiger partial charge in [-0.05, 0) is 25.0 Å². The number of ether oxygens (including phenoxy) is 2. The molecular formula is C22H25N5O3. The second-order valence-corrected chi connectivity index (χ2v) is 7.25. The molecule has 0 bridgehead atoms. The Morgan fingerprint density at radius 2 is 2.07 bits per heavy atom. The van der Waals surface area contributed by atoms with Crippen molar-refractivity contribution in [3.05, 3.63) is 48.4 Å². The van der Waals surface area contributed by atoms with Gasteiger partial charge in [-0.25, -0.2) is 9.97 Å². The van der Waals surface area contributed by atoms with Crippen molar-refractivity contribution in [1.82, 2.24) is 20.3 Å². The van der Waals surface area contributed by atoms with Gasteiger partial charge < -0.3 is 19.7 Å². The predicted molar refractivity (Wildman–Crippen MR) is 114 cm³/mol.